The minimum atomic E-state index is 0.249. The first-order valence-corrected chi connectivity index (χ1v) is 7.18. The summed E-state index contributed by atoms with van der Waals surface area (Å²) in [7, 11) is 0. The van der Waals surface area contributed by atoms with Crippen molar-refractivity contribution in [2.45, 2.75) is 52.6 Å². The summed E-state index contributed by atoms with van der Waals surface area (Å²) in [6.45, 7) is 8.60. The van der Waals surface area contributed by atoms with E-state index in [-0.39, 0.29) is 6.10 Å². The van der Waals surface area contributed by atoms with Crippen molar-refractivity contribution in [1.29, 1.82) is 0 Å². The zero-order valence-corrected chi connectivity index (χ0v) is 12.0. The van der Waals surface area contributed by atoms with E-state index in [9.17, 15) is 0 Å². The molecular weight excluding hydrogens is 222 g/mol. The quantitative estimate of drug-likeness (QED) is 0.672. The minimum Gasteiger partial charge on any atom is -0.491 e. The second kappa shape index (κ2) is 8.98. The van der Waals surface area contributed by atoms with Crippen LogP contribution in [0.15, 0.2) is 24.3 Å². The normalized spacial score (nSPS) is 10.9. The molecule has 0 spiro atoms. The molecule has 102 valence electrons. The molecule has 1 rings (SSSR count). The van der Waals surface area contributed by atoms with Crippen LogP contribution in [0, 0.1) is 0 Å². The molecule has 0 fully saturated rings. The summed E-state index contributed by atoms with van der Waals surface area (Å²) in [6, 6.07) is 8.47. The van der Waals surface area contributed by atoms with Crippen molar-refractivity contribution >= 4 is 0 Å². The zero-order chi connectivity index (χ0) is 13.2. The summed E-state index contributed by atoms with van der Waals surface area (Å²) in [5.74, 6) is 0.992. The molecule has 0 bridgehead atoms. The Bertz CT molecular complexity index is 323. The van der Waals surface area contributed by atoms with Crippen LogP contribution < -0.4 is 10.1 Å². The van der Waals surface area contributed by atoms with Crippen LogP contribution in [0.1, 0.15) is 45.6 Å². The predicted octanol–water partition coefficient (Wildman–Crippen LogP) is 3.80. The predicted molar refractivity (Wildman–Crippen MR) is 78.3 cm³/mol. The van der Waals surface area contributed by atoms with E-state index in [1.807, 2.05) is 6.07 Å². The van der Waals surface area contributed by atoms with Gasteiger partial charge in [0, 0.05) is 0 Å². The van der Waals surface area contributed by atoms with E-state index in [2.05, 4.69) is 44.3 Å². The number of ether oxygens (including phenoxy) is 1. The highest BCUT2D eigenvalue weighted by molar-refractivity contribution is 5.28. The highest BCUT2D eigenvalue weighted by Crippen LogP contribution is 2.16. The monoisotopic (exact) mass is 249 g/mol. The third kappa shape index (κ3) is 6.65. The Kier molecular flexibility index (Phi) is 7.51. The number of unbranched alkanes of at least 4 members (excludes halogenated alkanes) is 1. The van der Waals surface area contributed by atoms with Crippen LogP contribution in [0.4, 0.5) is 0 Å². The Balaban J connectivity index is 2.25. The molecule has 1 aromatic rings. The maximum Gasteiger partial charge on any atom is 0.119 e. The summed E-state index contributed by atoms with van der Waals surface area (Å²) < 4.78 is 5.70. The molecule has 0 saturated carbocycles. The van der Waals surface area contributed by atoms with Crippen LogP contribution in [0.3, 0.4) is 0 Å². The van der Waals surface area contributed by atoms with Gasteiger partial charge < -0.3 is 10.1 Å². The molecule has 2 nitrogen and oxygen atoms in total. The van der Waals surface area contributed by atoms with Gasteiger partial charge in [0.05, 0.1) is 6.10 Å². The van der Waals surface area contributed by atoms with Crippen LogP contribution in [0.25, 0.3) is 0 Å². The lowest BCUT2D eigenvalue weighted by Crippen LogP contribution is -2.15. The summed E-state index contributed by atoms with van der Waals surface area (Å²) in [4.78, 5) is 0. The van der Waals surface area contributed by atoms with Crippen molar-refractivity contribution in [3.05, 3.63) is 29.8 Å². The molecule has 0 aliphatic carbocycles. The molecule has 0 aliphatic heterocycles. The highest BCUT2D eigenvalue weighted by Gasteiger charge is 1.99. The average molecular weight is 249 g/mol. The average Bonchev–Trinajstić information content (AvgIpc) is 2.33. The van der Waals surface area contributed by atoms with Crippen molar-refractivity contribution in [1.82, 2.24) is 5.32 Å². The van der Waals surface area contributed by atoms with Crippen LogP contribution >= 0.6 is 0 Å². The molecule has 0 aromatic heterocycles. The van der Waals surface area contributed by atoms with E-state index in [4.69, 9.17) is 4.74 Å². The standard InChI is InChI=1S/C16H27NO/c1-4-11-17-12-6-5-8-15-9-7-10-16(13-15)18-14(2)3/h7,9-10,13-14,17H,4-6,8,11-12H2,1-3H3. The number of rotatable bonds is 9. The Morgan fingerprint density at radius 2 is 2.00 bits per heavy atom. The van der Waals surface area contributed by atoms with Gasteiger partial charge in [-0.3, -0.25) is 0 Å². The Morgan fingerprint density at radius 3 is 2.72 bits per heavy atom. The molecule has 2 heteroatoms. The topological polar surface area (TPSA) is 21.3 Å². The number of benzene rings is 1. The van der Waals surface area contributed by atoms with Gasteiger partial charge in [-0.15, -0.1) is 0 Å². The van der Waals surface area contributed by atoms with Crippen molar-refractivity contribution in [2.75, 3.05) is 13.1 Å². The van der Waals surface area contributed by atoms with E-state index in [0.717, 1.165) is 25.3 Å². The van der Waals surface area contributed by atoms with E-state index in [0.29, 0.717) is 0 Å². The molecule has 0 heterocycles. The Morgan fingerprint density at radius 1 is 1.17 bits per heavy atom. The van der Waals surface area contributed by atoms with Gasteiger partial charge in [-0.2, -0.15) is 0 Å². The fourth-order valence-electron chi connectivity index (χ4n) is 1.93. The van der Waals surface area contributed by atoms with Gasteiger partial charge >= 0.3 is 0 Å². The van der Waals surface area contributed by atoms with Crippen molar-refractivity contribution in [3.63, 3.8) is 0 Å². The lowest BCUT2D eigenvalue weighted by atomic mass is 10.1. The molecule has 0 unspecified atom stereocenters. The van der Waals surface area contributed by atoms with Crippen LogP contribution in [0.5, 0.6) is 5.75 Å². The largest absolute Gasteiger partial charge is 0.491 e. The molecule has 0 radical (unpaired) electrons. The summed E-state index contributed by atoms with van der Waals surface area (Å²) in [5, 5.41) is 3.43. The SMILES string of the molecule is CCCNCCCCc1cccc(OC(C)C)c1. The molecule has 18 heavy (non-hydrogen) atoms. The molecule has 0 atom stereocenters. The van der Waals surface area contributed by atoms with Crippen LogP contribution in [-0.2, 0) is 6.42 Å². The first-order chi connectivity index (χ1) is 8.72. The highest BCUT2D eigenvalue weighted by atomic mass is 16.5. The van der Waals surface area contributed by atoms with Crippen molar-refractivity contribution in [2.24, 2.45) is 0 Å². The molecule has 0 saturated heterocycles. The first kappa shape index (κ1) is 15.0. The smallest absolute Gasteiger partial charge is 0.119 e. The van der Waals surface area contributed by atoms with Gasteiger partial charge in [-0.1, -0.05) is 19.1 Å². The number of aryl methyl sites for hydroxylation is 1. The fraction of sp³-hybridized carbons (Fsp3) is 0.625. The summed E-state index contributed by atoms with van der Waals surface area (Å²) >= 11 is 0. The number of hydrogen-bond donors (Lipinski definition) is 1. The molecule has 1 N–H and O–H groups in total. The summed E-state index contributed by atoms with van der Waals surface area (Å²) in [5.41, 5.74) is 1.38. The Labute approximate surface area is 112 Å². The lowest BCUT2D eigenvalue weighted by Gasteiger charge is -2.11. The minimum absolute atomic E-state index is 0.249. The van der Waals surface area contributed by atoms with E-state index in [1.54, 1.807) is 0 Å². The Hall–Kier alpha value is -1.02. The number of hydrogen-bond acceptors (Lipinski definition) is 2. The third-order valence-corrected chi connectivity index (χ3v) is 2.77. The molecule has 0 aliphatic rings. The lowest BCUT2D eigenvalue weighted by molar-refractivity contribution is 0.242. The van der Waals surface area contributed by atoms with Crippen molar-refractivity contribution in [3.8, 4) is 5.75 Å². The van der Waals surface area contributed by atoms with Crippen molar-refractivity contribution < 1.29 is 4.74 Å². The van der Waals surface area contributed by atoms with Gasteiger partial charge in [-0.05, 0) is 70.3 Å². The van der Waals surface area contributed by atoms with Gasteiger partial charge in [0.1, 0.15) is 5.75 Å². The summed E-state index contributed by atoms with van der Waals surface area (Å²) in [6.07, 6.45) is 5.09. The van der Waals surface area contributed by atoms with Gasteiger partial charge in [0.2, 0.25) is 0 Å². The maximum absolute atomic E-state index is 5.70. The first-order valence-electron chi connectivity index (χ1n) is 7.18. The molecule has 0 amide bonds. The van der Waals surface area contributed by atoms with Crippen LogP contribution in [0.2, 0.25) is 0 Å². The van der Waals surface area contributed by atoms with E-state index < -0.39 is 0 Å². The second-order valence-corrected chi connectivity index (χ2v) is 5.02. The second-order valence-electron chi connectivity index (χ2n) is 5.02. The molecular formula is C16H27NO. The molecule has 1 aromatic carbocycles. The van der Waals surface area contributed by atoms with Gasteiger partial charge in [-0.25, -0.2) is 0 Å². The fourth-order valence-corrected chi connectivity index (χ4v) is 1.93. The van der Waals surface area contributed by atoms with Crippen LogP contribution in [-0.4, -0.2) is 19.2 Å². The zero-order valence-electron chi connectivity index (χ0n) is 12.0. The van der Waals surface area contributed by atoms with Gasteiger partial charge in [0.15, 0.2) is 0 Å². The van der Waals surface area contributed by atoms with E-state index >= 15 is 0 Å². The number of nitrogens with one attached hydrogen (secondary N) is 1. The van der Waals surface area contributed by atoms with Gasteiger partial charge in [0.25, 0.3) is 0 Å². The maximum atomic E-state index is 5.70. The van der Waals surface area contributed by atoms with E-state index in [1.165, 1.54) is 24.8 Å². The third-order valence-electron chi connectivity index (χ3n) is 2.77.